The molecule has 0 bridgehead atoms. The van der Waals surface area contributed by atoms with E-state index in [2.05, 4.69) is 55.6 Å². The molecule has 93 heavy (non-hydrogen) atoms. The highest BCUT2D eigenvalue weighted by Gasteiger charge is 2.44. The van der Waals surface area contributed by atoms with Crippen molar-refractivity contribution in [3.8, 4) is 0 Å². The van der Waals surface area contributed by atoms with Crippen LogP contribution in [0.5, 0.6) is 0 Å². The predicted molar refractivity (Wildman–Crippen MR) is 395 cm³/mol. The van der Waals surface area contributed by atoms with Crippen molar-refractivity contribution < 1.29 is 50.0 Å². The van der Waals surface area contributed by atoms with Crippen LogP contribution in [0.25, 0.3) is 0 Å². The zero-order valence-corrected chi connectivity index (χ0v) is 61.3. The second-order valence-corrected chi connectivity index (χ2v) is 28.8. The predicted octanol–water partition coefficient (Wildman–Crippen LogP) is 21.3. The number of amides is 1. The molecule has 0 aromatic carbocycles. The van der Waals surface area contributed by atoms with Crippen LogP contribution in [0, 0.1) is 0 Å². The lowest BCUT2D eigenvalue weighted by atomic mass is 9.98. The Morgan fingerprint density at radius 1 is 0.366 bits per heavy atom. The lowest BCUT2D eigenvalue weighted by molar-refractivity contribution is -0.303. The first kappa shape index (κ1) is 89.3. The molecule has 1 amide bonds. The molecule has 0 aromatic heterocycles. The molecule has 1 heterocycles. The minimum Gasteiger partial charge on any atom is -0.394 e. The van der Waals surface area contributed by atoms with Crippen LogP contribution < -0.4 is 5.32 Å². The Hall–Kier alpha value is -1.67. The van der Waals surface area contributed by atoms with Gasteiger partial charge in [-0.2, -0.15) is 0 Å². The van der Waals surface area contributed by atoms with E-state index in [1.807, 2.05) is 0 Å². The van der Waals surface area contributed by atoms with Gasteiger partial charge in [-0.25, -0.2) is 0 Å². The third kappa shape index (κ3) is 56.9. The van der Waals surface area contributed by atoms with Gasteiger partial charge in [-0.15, -0.1) is 0 Å². The van der Waals surface area contributed by atoms with E-state index in [9.17, 15) is 40.5 Å². The molecule has 0 aromatic rings. The van der Waals surface area contributed by atoms with Crippen LogP contribution in [0.2, 0.25) is 0 Å². The van der Waals surface area contributed by atoms with Gasteiger partial charge < -0.3 is 50.5 Å². The fourth-order valence-electron chi connectivity index (χ4n) is 13.4. The average molecular weight is 1320 g/mol. The summed E-state index contributed by atoms with van der Waals surface area (Å²) in [6, 6.07) is -1.19. The molecule has 0 spiro atoms. The maximum Gasteiger partial charge on any atom is 0.249 e. The number of allylic oxidation sites excluding steroid dienone is 6. The molecule has 550 valence electrons. The number of carbonyl (C=O) groups is 1. The van der Waals surface area contributed by atoms with E-state index in [-0.39, 0.29) is 12.8 Å². The molecule has 0 aliphatic carbocycles. The molecule has 1 rings (SSSR count). The van der Waals surface area contributed by atoms with Crippen LogP contribution in [-0.4, -0.2) is 110 Å². The van der Waals surface area contributed by atoms with Crippen LogP contribution in [0.3, 0.4) is 0 Å². The van der Waals surface area contributed by atoms with Crippen molar-refractivity contribution in [1.82, 2.24) is 5.32 Å². The molecule has 11 nitrogen and oxygen atoms in total. The number of unbranched alkanes of at least 4 members (excludes halogenated alkanes) is 55. The Labute approximate surface area is 575 Å². The summed E-state index contributed by atoms with van der Waals surface area (Å²) >= 11 is 0. The number of aliphatic hydroxyl groups excluding tert-OH is 7. The van der Waals surface area contributed by atoms with E-state index in [4.69, 9.17) is 9.47 Å². The van der Waals surface area contributed by atoms with Crippen LogP contribution >= 0.6 is 0 Å². The Morgan fingerprint density at radius 2 is 0.645 bits per heavy atom. The van der Waals surface area contributed by atoms with Gasteiger partial charge in [0.2, 0.25) is 5.91 Å². The molecule has 1 fully saturated rings. The Morgan fingerprint density at radius 3 is 0.957 bits per heavy atom. The summed E-state index contributed by atoms with van der Waals surface area (Å²) in [7, 11) is 0. The van der Waals surface area contributed by atoms with Crippen molar-refractivity contribution in [2.24, 2.45) is 0 Å². The van der Waals surface area contributed by atoms with Crippen molar-refractivity contribution in [1.29, 1.82) is 0 Å². The van der Waals surface area contributed by atoms with Gasteiger partial charge in [0, 0.05) is 0 Å². The molecule has 8 N–H and O–H groups in total. The van der Waals surface area contributed by atoms with Crippen molar-refractivity contribution >= 4 is 5.91 Å². The SMILES string of the molecule is CCCCCCCCCCCCCCCCCCCC/C=C\CCCCCCCCCCCCCCCCCCC(O)C(=O)NC(COC1OC(CO)C(O)C(O)C1O)C(O)C(O)CCC/C=C/CC/C=C/CCCCCCCCCCCCCCCCCCCCC. The minimum atomic E-state index is -1.67. The van der Waals surface area contributed by atoms with Gasteiger partial charge in [-0.05, 0) is 77.0 Å². The zero-order chi connectivity index (χ0) is 67.4. The Bertz CT molecular complexity index is 1610. The fraction of sp³-hybridized carbons (Fsp3) is 0.915. The summed E-state index contributed by atoms with van der Waals surface area (Å²) in [5.41, 5.74) is 0. The quantitative estimate of drug-likeness (QED) is 0.0215. The van der Waals surface area contributed by atoms with E-state index < -0.39 is 74.2 Å². The first-order chi connectivity index (χ1) is 45.7. The standard InChI is InChI=1S/C82H157NO10/c1-3-5-7-9-11-13-15-17-19-21-23-25-27-29-31-33-34-35-36-37-38-39-40-41-42-44-46-48-50-52-54-56-58-60-62-64-66-68-70-75(86)81(91)83-73(72-92-82-80(90)79(89)78(88)76(71-84)93-82)77(87)74(85)69-67-65-63-61-59-57-55-53-51-49-47-45-43-32-30-28-26-24-22-20-18-16-14-12-10-8-6-4-2/h37-38,53,55,61,63,73-80,82,84-90H,3-36,39-52,54,56-60,62,64-72H2,1-2H3,(H,83,91)/b38-37-,55-53+,63-61+. The summed E-state index contributed by atoms with van der Waals surface area (Å²) in [5.74, 6) is -0.703. The van der Waals surface area contributed by atoms with Gasteiger partial charge in [-0.1, -0.05) is 371 Å². The van der Waals surface area contributed by atoms with Gasteiger partial charge in [0.25, 0.3) is 0 Å². The van der Waals surface area contributed by atoms with E-state index >= 15 is 0 Å². The normalized spacial score (nSPS) is 18.4. The second-order valence-electron chi connectivity index (χ2n) is 28.8. The summed E-state index contributed by atoms with van der Waals surface area (Å²) in [6.45, 7) is 3.51. The molecule has 1 saturated heterocycles. The Balaban J connectivity index is 2.13. The highest BCUT2D eigenvalue weighted by atomic mass is 16.7. The largest absolute Gasteiger partial charge is 0.394 e. The van der Waals surface area contributed by atoms with Crippen LogP contribution in [0.1, 0.15) is 412 Å². The topological polar surface area (TPSA) is 189 Å². The number of ether oxygens (including phenoxy) is 2. The van der Waals surface area contributed by atoms with E-state index in [1.54, 1.807) is 0 Å². The number of hydrogen-bond acceptors (Lipinski definition) is 10. The molecular formula is C82H157NO10. The summed E-state index contributed by atoms with van der Waals surface area (Å²) in [6.07, 6.45) is 81.4. The van der Waals surface area contributed by atoms with E-state index in [0.717, 1.165) is 38.5 Å². The minimum absolute atomic E-state index is 0.248. The van der Waals surface area contributed by atoms with Gasteiger partial charge >= 0.3 is 0 Å². The smallest absolute Gasteiger partial charge is 0.249 e. The summed E-state index contributed by atoms with van der Waals surface area (Å²) in [5, 5.41) is 76.7. The van der Waals surface area contributed by atoms with Crippen LogP contribution in [0.15, 0.2) is 36.5 Å². The van der Waals surface area contributed by atoms with E-state index in [1.165, 1.54) is 327 Å². The van der Waals surface area contributed by atoms with Crippen molar-refractivity contribution in [3.63, 3.8) is 0 Å². The molecule has 1 aliphatic rings. The lowest BCUT2D eigenvalue weighted by Crippen LogP contribution is -2.60. The molecule has 0 radical (unpaired) electrons. The molecule has 1 aliphatic heterocycles. The maximum atomic E-state index is 13.3. The molecule has 9 atom stereocenters. The third-order valence-electron chi connectivity index (χ3n) is 19.9. The molecule has 9 unspecified atom stereocenters. The molecule has 0 saturated carbocycles. The number of nitrogens with one attached hydrogen (secondary N) is 1. The van der Waals surface area contributed by atoms with Gasteiger partial charge in [0.15, 0.2) is 6.29 Å². The number of carbonyl (C=O) groups excluding carboxylic acids is 1. The van der Waals surface area contributed by atoms with Crippen LogP contribution in [0.4, 0.5) is 0 Å². The summed E-state index contributed by atoms with van der Waals surface area (Å²) < 4.78 is 11.2. The van der Waals surface area contributed by atoms with Crippen molar-refractivity contribution in [2.45, 2.75) is 467 Å². The van der Waals surface area contributed by atoms with Gasteiger partial charge in [-0.3, -0.25) is 4.79 Å². The Kier molecular flexibility index (Phi) is 67.4. The molecular weight excluding hydrogens is 1160 g/mol. The maximum absolute atomic E-state index is 13.3. The van der Waals surface area contributed by atoms with Gasteiger partial charge in [0.1, 0.15) is 36.6 Å². The fourth-order valence-corrected chi connectivity index (χ4v) is 13.4. The van der Waals surface area contributed by atoms with E-state index in [0.29, 0.717) is 19.3 Å². The van der Waals surface area contributed by atoms with Crippen LogP contribution in [-0.2, 0) is 14.3 Å². The first-order valence-electron chi connectivity index (χ1n) is 40.9. The number of aliphatic hydroxyl groups is 7. The summed E-state index contributed by atoms with van der Waals surface area (Å²) in [4.78, 5) is 13.3. The average Bonchev–Trinajstić information content (AvgIpc) is 1.03. The second kappa shape index (κ2) is 70.2. The highest BCUT2D eigenvalue weighted by molar-refractivity contribution is 5.80. The molecule has 11 heteroatoms. The van der Waals surface area contributed by atoms with Gasteiger partial charge in [0.05, 0.1) is 25.4 Å². The zero-order valence-electron chi connectivity index (χ0n) is 61.3. The lowest BCUT2D eigenvalue weighted by Gasteiger charge is -2.40. The first-order valence-corrected chi connectivity index (χ1v) is 40.9. The number of rotatable bonds is 73. The third-order valence-corrected chi connectivity index (χ3v) is 19.9. The monoisotopic (exact) mass is 1320 g/mol. The van der Waals surface area contributed by atoms with Crippen molar-refractivity contribution in [2.75, 3.05) is 13.2 Å². The van der Waals surface area contributed by atoms with Crippen molar-refractivity contribution in [3.05, 3.63) is 36.5 Å². The number of hydrogen-bond donors (Lipinski definition) is 8. The highest BCUT2D eigenvalue weighted by Crippen LogP contribution is 2.24.